The summed E-state index contributed by atoms with van der Waals surface area (Å²) in [6, 6.07) is 2.59. The number of hydrogen-bond acceptors (Lipinski definition) is 3. The Morgan fingerprint density at radius 2 is 2.00 bits per heavy atom. The van der Waals surface area contributed by atoms with Crippen LogP contribution in [0.5, 0.6) is 0 Å². The first-order chi connectivity index (χ1) is 11.8. The molecule has 2 rings (SSSR count). The molecule has 10 heteroatoms. The van der Waals surface area contributed by atoms with E-state index in [0.29, 0.717) is 25.1 Å². The highest BCUT2D eigenvalue weighted by Gasteiger charge is 2.33. The quantitative estimate of drug-likeness (QED) is 0.275. The lowest BCUT2D eigenvalue weighted by molar-refractivity contribution is -0.138. The van der Waals surface area contributed by atoms with Crippen molar-refractivity contribution in [2.45, 2.75) is 33.1 Å². The van der Waals surface area contributed by atoms with E-state index in [1.54, 1.807) is 6.20 Å². The number of guanidine groups is 1. The molecule has 0 fully saturated rings. The fourth-order valence-corrected chi connectivity index (χ4v) is 2.83. The van der Waals surface area contributed by atoms with Crippen LogP contribution in [0.3, 0.4) is 0 Å². The second-order valence-electron chi connectivity index (χ2n) is 5.21. The third-order valence-electron chi connectivity index (χ3n) is 3.21. The molecule has 1 aromatic carbocycles. The lowest BCUT2D eigenvalue weighted by Crippen LogP contribution is -2.36. The molecule has 144 valence electrons. The molecule has 1 heterocycles. The van der Waals surface area contributed by atoms with Crippen LogP contribution in [0.4, 0.5) is 17.6 Å². The summed E-state index contributed by atoms with van der Waals surface area (Å²) in [5, 5.41) is 6.83. The predicted octanol–water partition coefficient (Wildman–Crippen LogP) is 4.48. The molecular weight excluding hydrogens is 483 g/mol. The summed E-state index contributed by atoms with van der Waals surface area (Å²) >= 11 is 1.52. The predicted molar refractivity (Wildman–Crippen MR) is 105 cm³/mol. The molecule has 26 heavy (non-hydrogen) atoms. The first kappa shape index (κ1) is 22.6. The topological polar surface area (TPSA) is 49.3 Å². The zero-order valence-corrected chi connectivity index (χ0v) is 17.3. The Kier molecular flexibility index (Phi) is 8.74. The number of alkyl halides is 3. The Balaban J connectivity index is 0.00000338. The maximum absolute atomic E-state index is 13.1. The molecule has 2 aromatic rings. The molecule has 0 atom stereocenters. The molecule has 0 amide bonds. The van der Waals surface area contributed by atoms with E-state index < -0.39 is 17.6 Å². The molecular formula is C16H19F4IN4S. The van der Waals surface area contributed by atoms with Crippen molar-refractivity contribution in [3.05, 3.63) is 51.2 Å². The summed E-state index contributed by atoms with van der Waals surface area (Å²) < 4.78 is 52.2. The Morgan fingerprint density at radius 1 is 1.27 bits per heavy atom. The van der Waals surface area contributed by atoms with Gasteiger partial charge in [-0.2, -0.15) is 13.2 Å². The standard InChI is InChI=1S/C16H18F4N4S.HI/c1-3-21-15(24-9-14-22-7-10(2)25-14)23-8-11-4-5-12(17)6-13(11)16(18,19)20;/h4-7H,3,8-9H2,1-2H3,(H2,21,23,24);1H. The minimum absolute atomic E-state index is 0. The van der Waals surface area contributed by atoms with Gasteiger partial charge in [0.2, 0.25) is 0 Å². The van der Waals surface area contributed by atoms with Crippen molar-refractivity contribution < 1.29 is 17.6 Å². The fourth-order valence-electron chi connectivity index (χ4n) is 2.10. The number of rotatable bonds is 5. The van der Waals surface area contributed by atoms with Crippen LogP contribution in [0, 0.1) is 12.7 Å². The van der Waals surface area contributed by atoms with Crippen molar-refractivity contribution in [3.63, 3.8) is 0 Å². The smallest absolute Gasteiger partial charge is 0.357 e. The van der Waals surface area contributed by atoms with Gasteiger partial charge in [0.1, 0.15) is 10.8 Å². The SMILES string of the molecule is CCNC(=NCc1ccc(F)cc1C(F)(F)F)NCc1ncc(C)s1.I. The Labute approximate surface area is 170 Å². The summed E-state index contributed by atoms with van der Waals surface area (Å²) in [7, 11) is 0. The first-order valence-electron chi connectivity index (χ1n) is 7.58. The molecule has 0 aliphatic carbocycles. The number of aliphatic imine (C=N–C) groups is 1. The van der Waals surface area contributed by atoms with Gasteiger partial charge in [0.25, 0.3) is 0 Å². The Morgan fingerprint density at radius 3 is 2.58 bits per heavy atom. The van der Waals surface area contributed by atoms with E-state index in [4.69, 9.17) is 0 Å². The van der Waals surface area contributed by atoms with E-state index in [0.717, 1.165) is 22.0 Å². The van der Waals surface area contributed by atoms with Gasteiger partial charge in [-0.25, -0.2) is 14.4 Å². The van der Waals surface area contributed by atoms with Gasteiger partial charge >= 0.3 is 6.18 Å². The molecule has 4 nitrogen and oxygen atoms in total. The molecule has 0 bridgehead atoms. The molecule has 0 aliphatic heterocycles. The van der Waals surface area contributed by atoms with E-state index in [2.05, 4.69) is 20.6 Å². The van der Waals surface area contributed by atoms with Crippen molar-refractivity contribution in [1.82, 2.24) is 15.6 Å². The van der Waals surface area contributed by atoms with Crippen molar-refractivity contribution in [2.24, 2.45) is 4.99 Å². The van der Waals surface area contributed by atoms with Crippen LogP contribution < -0.4 is 10.6 Å². The largest absolute Gasteiger partial charge is 0.416 e. The molecule has 2 N–H and O–H groups in total. The molecule has 0 radical (unpaired) electrons. The zero-order chi connectivity index (χ0) is 18.4. The summed E-state index contributed by atoms with van der Waals surface area (Å²) in [5.41, 5.74) is -1.10. The van der Waals surface area contributed by atoms with Crippen LogP contribution in [0.2, 0.25) is 0 Å². The van der Waals surface area contributed by atoms with Gasteiger partial charge in [0, 0.05) is 17.6 Å². The summed E-state index contributed by atoms with van der Waals surface area (Å²) in [4.78, 5) is 9.43. The molecule has 0 spiro atoms. The maximum atomic E-state index is 13.1. The number of benzene rings is 1. The number of aryl methyl sites for hydroxylation is 1. The lowest BCUT2D eigenvalue weighted by atomic mass is 10.1. The van der Waals surface area contributed by atoms with Gasteiger partial charge in [0.15, 0.2) is 5.96 Å². The number of thiazole rings is 1. The highest BCUT2D eigenvalue weighted by Crippen LogP contribution is 2.32. The summed E-state index contributed by atoms with van der Waals surface area (Å²) in [6.45, 7) is 4.54. The summed E-state index contributed by atoms with van der Waals surface area (Å²) in [6.07, 6.45) is -2.88. The minimum atomic E-state index is -4.63. The average molecular weight is 502 g/mol. The van der Waals surface area contributed by atoms with Gasteiger partial charge in [-0.1, -0.05) is 6.07 Å². The molecule has 0 unspecified atom stereocenters. The van der Waals surface area contributed by atoms with Crippen molar-refractivity contribution >= 4 is 41.3 Å². The van der Waals surface area contributed by atoms with Gasteiger partial charge in [0.05, 0.1) is 18.7 Å². The van der Waals surface area contributed by atoms with Crippen LogP contribution in [-0.4, -0.2) is 17.5 Å². The van der Waals surface area contributed by atoms with E-state index in [9.17, 15) is 17.6 Å². The number of aromatic nitrogens is 1. The van der Waals surface area contributed by atoms with E-state index in [-0.39, 0.29) is 36.1 Å². The van der Waals surface area contributed by atoms with Gasteiger partial charge < -0.3 is 10.6 Å². The molecule has 0 aliphatic rings. The average Bonchev–Trinajstić information content (AvgIpc) is 2.95. The third-order valence-corrected chi connectivity index (χ3v) is 4.12. The van der Waals surface area contributed by atoms with Crippen LogP contribution >= 0.6 is 35.3 Å². The lowest BCUT2D eigenvalue weighted by Gasteiger charge is -2.13. The third kappa shape index (κ3) is 6.71. The van der Waals surface area contributed by atoms with Crippen LogP contribution in [-0.2, 0) is 19.3 Å². The van der Waals surface area contributed by atoms with E-state index >= 15 is 0 Å². The van der Waals surface area contributed by atoms with Crippen molar-refractivity contribution in [1.29, 1.82) is 0 Å². The Hall–Kier alpha value is -1.43. The Bertz CT molecular complexity index is 746. The maximum Gasteiger partial charge on any atom is 0.416 e. The number of hydrogen-bond donors (Lipinski definition) is 2. The second kappa shape index (κ2) is 10.0. The second-order valence-corrected chi connectivity index (χ2v) is 6.53. The zero-order valence-electron chi connectivity index (χ0n) is 14.2. The van der Waals surface area contributed by atoms with Crippen LogP contribution in [0.25, 0.3) is 0 Å². The minimum Gasteiger partial charge on any atom is -0.357 e. The van der Waals surface area contributed by atoms with E-state index in [1.807, 2.05) is 13.8 Å². The van der Waals surface area contributed by atoms with Gasteiger partial charge in [-0.15, -0.1) is 35.3 Å². The molecule has 0 saturated carbocycles. The van der Waals surface area contributed by atoms with E-state index in [1.165, 1.54) is 11.3 Å². The van der Waals surface area contributed by atoms with Crippen molar-refractivity contribution in [2.75, 3.05) is 6.54 Å². The molecule has 0 saturated heterocycles. The number of halogens is 5. The highest BCUT2D eigenvalue weighted by atomic mass is 127. The van der Waals surface area contributed by atoms with Gasteiger partial charge in [-0.05, 0) is 31.5 Å². The first-order valence-corrected chi connectivity index (χ1v) is 8.40. The van der Waals surface area contributed by atoms with Crippen LogP contribution in [0.1, 0.15) is 27.9 Å². The molecule has 1 aromatic heterocycles. The monoisotopic (exact) mass is 502 g/mol. The highest BCUT2D eigenvalue weighted by molar-refractivity contribution is 14.0. The number of nitrogens with zero attached hydrogens (tertiary/aromatic N) is 2. The van der Waals surface area contributed by atoms with Crippen molar-refractivity contribution in [3.8, 4) is 0 Å². The number of nitrogens with one attached hydrogen (secondary N) is 2. The summed E-state index contributed by atoms with van der Waals surface area (Å²) in [5.74, 6) is -0.558. The normalized spacial score (nSPS) is 11.8. The fraction of sp³-hybridized carbons (Fsp3) is 0.375. The van der Waals surface area contributed by atoms with Gasteiger partial charge in [-0.3, -0.25) is 0 Å². The van der Waals surface area contributed by atoms with Crippen LogP contribution in [0.15, 0.2) is 29.4 Å².